The number of carbonyl (C=O) groups excluding carboxylic acids is 2. The molecule has 10 atom stereocenters. The van der Waals surface area contributed by atoms with E-state index < -0.39 is 79.7 Å². The maximum absolute atomic E-state index is 11.5. The van der Waals surface area contributed by atoms with E-state index in [9.17, 15) is 35.1 Å². The van der Waals surface area contributed by atoms with Gasteiger partial charge >= 0.3 is 0 Å². The van der Waals surface area contributed by atoms with Crippen LogP contribution in [0.25, 0.3) is 0 Å². The van der Waals surface area contributed by atoms with E-state index in [1.807, 2.05) is 0 Å². The fraction of sp³-hybridized carbons (Fsp3) is 0.882. The quantitative estimate of drug-likeness (QED) is 0.225. The van der Waals surface area contributed by atoms with Gasteiger partial charge in [0.25, 0.3) is 0 Å². The molecule has 7 N–H and O–H groups in total. The molecule has 0 spiro atoms. The molecule has 0 aromatic rings. The summed E-state index contributed by atoms with van der Waals surface area (Å²) in [6.45, 7) is 3.48. The number of nitrogens with one attached hydrogen (secondary N) is 2. The number of hydrogen-bond acceptors (Lipinski definition) is 10. The van der Waals surface area contributed by atoms with Gasteiger partial charge in [-0.15, -0.1) is 0 Å². The van der Waals surface area contributed by atoms with Crippen LogP contribution in [0.15, 0.2) is 0 Å². The highest BCUT2D eigenvalue weighted by molar-refractivity contribution is 5.73. The summed E-state index contributed by atoms with van der Waals surface area (Å²) in [7, 11) is 0. The molecule has 0 aromatic carbocycles. The first-order valence-corrected chi connectivity index (χ1v) is 9.44. The molecular formula is C17H30N2O10. The second-order valence-electron chi connectivity index (χ2n) is 7.22. The lowest BCUT2D eigenvalue weighted by Crippen LogP contribution is -2.68. The summed E-state index contributed by atoms with van der Waals surface area (Å²) in [6, 6.07) is -2.43. The van der Waals surface area contributed by atoms with Gasteiger partial charge in [0.2, 0.25) is 11.8 Å². The van der Waals surface area contributed by atoms with E-state index >= 15 is 0 Å². The molecule has 0 bridgehead atoms. The van der Waals surface area contributed by atoms with Crippen LogP contribution in [0.3, 0.4) is 0 Å². The van der Waals surface area contributed by atoms with Gasteiger partial charge < -0.3 is 50.4 Å². The van der Waals surface area contributed by atoms with Gasteiger partial charge in [-0.3, -0.25) is 9.59 Å². The SMILES string of the molecule is CCC1OC(OC2C(CO)OC(O)C(NC(C)=O)C2O)C(NC(C)=O)C(O)C1O. The predicted molar refractivity (Wildman–Crippen MR) is 95.0 cm³/mol. The molecule has 2 heterocycles. The molecule has 10 unspecified atom stereocenters. The van der Waals surface area contributed by atoms with Crippen molar-refractivity contribution in [2.75, 3.05) is 6.61 Å². The fourth-order valence-electron chi connectivity index (χ4n) is 3.57. The third-order valence-electron chi connectivity index (χ3n) is 5.01. The summed E-state index contributed by atoms with van der Waals surface area (Å²) in [5.41, 5.74) is 0. The van der Waals surface area contributed by atoms with E-state index in [1.165, 1.54) is 13.8 Å². The summed E-state index contributed by atoms with van der Waals surface area (Å²) in [5.74, 6) is -1.05. The maximum atomic E-state index is 11.5. The molecule has 2 rings (SSSR count). The number of ether oxygens (including phenoxy) is 3. The fourth-order valence-corrected chi connectivity index (χ4v) is 3.57. The molecule has 12 heteroatoms. The summed E-state index contributed by atoms with van der Waals surface area (Å²) >= 11 is 0. The lowest BCUT2D eigenvalue weighted by molar-refractivity contribution is -0.325. The van der Waals surface area contributed by atoms with Crippen molar-refractivity contribution in [3.8, 4) is 0 Å². The Labute approximate surface area is 167 Å². The molecular weight excluding hydrogens is 392 g/mol. The van der Waals surface area contributed by atoms with Crippen LogP contribution in [-0.4, -0.2) is 105 Å². The van der Waals surface area contributed by atoms with Crippen LogP contribution in [0.5, 0.6) is 0 Å². The molecule has 2 aliphatic heterocycles. The van der Waals surface area contributed by atoms with Crippen LogP contribution in [0, 0.1) is 0 Å². The van der Waals surface area contributed by atoms with Crippen molar-refractivity contribution in [3.05, 3.63) is 0 Å². The molecule has 0 radical (unpaired) electrons. The zero-order valence-corrected chi connectivity index (χ0v) is 16.5. The highest BCUT2D eigenvalue weighted by atomic mass is 16.7. The lowest BCUT2D eigenvalue weighted by Gasteiger charge is -2.47. The molecule has 2 aliphatic rings. The summed E-state index contributed by atoms with van der Waals surface area (Å²) in [4.78, 5) is 22.9. The number of aliphatic hydroxyl groups excluding tert-OH is 5. The summed E-state index contributed by atoms with van der Waals surface area (Å²) < 4.78 is 16.7. The minimum Gasteiger partial charge on any atom is -0.394 e. The zero-order valence-electron chi connectivity index (χ0n) is 16.5. The Kier molecular flexibility index (Phi) is 8.31. The van der Waals surface area contributed by atoms with Gasteiger partial charge in [-0.25, -0.2) is 0 Å². The van der Waals surface area contributed by atoms with Gasteiger partial charge in [-0.05, 0) is 6.42 Å². The van der Waals surface area contributed by atoms with Crippen LogP contribution < -0.4 is 10.6 Å². The van der Waals surface area contributed by atoms with Crippen molar-refractivity contribution in [1.82, 2.24) is 10.6 Å². The predicted octanol–water partition coefficient (Wildman–Crippen LogP) is -3.69. The second-order valence-corrected chi connectivity index (χ2v) is 7.22. The van der Waals surface area contributed by atoms with Crippen molar-refractivity contribution in [3.63, 3.8) is 0 Å². The molecule has 2 amide bonds. The van der Waals surface area contributed by atoms with Gasteiger partial charge in [0, 0.05) is 13.8 Å². The van der Waals surface area contributed by atoms with Crippen molar-refractivity contribution in [1.29, 1.82) is 0 Å². The van der Waals surface area contributed by atoms with E-state index in [0.717, 1.165) is 0 Å². The van der Waals surface area contributed by atoms with Crippen molar-refractivity contribution in [2.45, 2.75) is 88.5 Å². The average molecular weight is 422 g/mol. The van der Waals surface area contributed by atoms with Crippen LogP contribution in [-0.2, 0) is 23.8 Å². The average Bonchev–Trinajstić information content (AvgIpc) is 2.65. The van der Waals surface area contributed by atoms with Crippen LogP contribution in [0.4, 0.5) is 0 Å². The lowest BCUT2D eigenvalue weighted by atomic mass is 9.94. The summed E-state index contributed by atoms with van der Waals surface area (Å²) in [6.07, 6.45) is -10.1. The number of aliphatic hydroxyl groups is 5. The molecule has 12 nitrogen and oxygen atoms in total. The Morgan fingerprint density at radius 1 is 0.897 bits per heavy atom. The second kappa shape index (κ2) is 10.1. The maximum Gasteiger partial charge on any atom is 0.217 e. The topological polar surface area (TPSA) is 187 Å². The van der Waals surface area contributed by atoms with Crippen molar-refractivity contribution >= 4 is 11.8 Å². The molecule has 0 aliphatic carbocycles. The Hall–Kier alpha value is -1.38. The summed E-state index contributed by atoms with van der Waals surface area (Å²) in [5, 5.41) is 55.7. The molecule has 29 heavy (non-hydrogen) atoms. The highest BCUT2D eigenvalue weighted by Gasteiger charge is 2.51. The zero-order chi connectivity index (χ0) is 21.9. The monoisotopic (exact) mass is 422 g/mol. The Bertz CT molecular complexity index is 578. The van der Waals surface area contributed by atoms with Gasteiger partial charge in [-0.2, -0.15) is 0 Å². The smallest absolute Gasteiger partial charge is 0.217 e. The Morgan fingerprint density at radius 3 is 2.00 bits per heavy atom. The van der Waals surface area contributed by atoms with Crippen LogP contribution in [0.1, 0.15) is 27.2 Å². The van der Waals surface area contributed by atoms with Gasteiger partial charge in [0.1, 0.15) is 42.6 Å². The molecule has 0 saturated carbocycles. The van der Waals surface area contributed by atoms with E-state index in [2.05, 4.69) is 10.6 Å². The Morgan fingerprint density at radius 2 is 1.48 bits per heavy atom. The first-order valence-electron chi connectivity index (χ1n) is 9.44. The molecule has 0 aromatic heterocycles. The first kappa shape index (κ1) is 23.9. The highest BCUT2D eigenvalue weighted by Crippen LogP contribution is 2.29. The Balaban J connectivity index is 2.26. The third-order valence-corrected chi connectivity index (χ3v) is 5.01. The van der Waals surface area contributed by atoms with E-state index in [0.29, 0.717) is 6.42 Å². The third kappa shape index (κ3) is 5.41. The first-order chi connectivity index (χ1) is 13.6. The molecule has 168 valence electrons. The number of amides is 2. The van der Waals surface area contributed by atoms with Crippen LogP contribution in [0.2, 0.25) is 0 Å². The minimum absolute atomic E-state index is 0.325. The van der Waals surface area contributed by atoms with Crippen LogP contribution >= 0.6 is 0 Å². The number of rotatable bonds is 6. The molecule has 2 saturated heterocycles. The van der Waals surface area contributed by atoms with Crippen molar-refractivity contribution < 1.29 is 49.3 Å². The van der Waals surface area contributed by atoms with E-state index in [1.54, 1.807) is 6.92 Å². The van der Waals surface area contributed by atoms with Gasteiger partial charge in [-0.1, -0.05) is 6.92 Å². The normalized spacial score (nSPS) is 42.9. The standard InChI is InChI=1S/C17H30N2O10/c1-4-8-12(23)13(24)11(19-7(3)22)17(28-8)29-15-9(5-20)27-16(26)10(14(15)25)18-6(2)21/h8-17,20,23-26H,4-5H2,1-3H3,(H,18,21)(H,19,22). The minimum atomic E-state index is -1.60. The van der Waals surface area contributed by atoms with Gasteiger partial charge in [0.15, 0.2) is 12.6 Å². The largest absolute Gasteiger partial charge is 0.394 e. The molecule has 2 fully saturated rings. The van der Waals surface area contributed by atoms with Crippen molar-refractivity contribution in [2.24, 2.45) is 0 Å². The van der Waals surface area contributed by atoms with Gasteiger partial charge in [0.05, 0.1) is 12.7 Å². The van der Waals surface area contributed by atoms with E-state index in [4.69, 9.17) is 14.2 Å². The number of carbonyl (C=O) groups is 2. The number of hydrogen-bond donors (Lipinski definition) is 7. The van der Waals surface area contributed by atoms with E-state index in [-0.39, 0.29) is 0 Å².